The molecule has 3 unspecified atom stereocenters. The van der Waals surface area contributed by atoms with Crippen LogP contribution in [0, 0.1) is 5.92 Å². The van der Waals surface area contributed by atoms with Crippen LogP contribution < -0.4 is 5.32 Å². The molecular weight excluding hydrogens is 214 g/mol. The molecule has 0 heterocycles. The number of carbonyl (C=O) groups excluding carboxylic acids is 1. The maximum atomic E-state index is 11.6. The van der Waals surface area contributed by atoms with Gasteiger partial charge in [-0.1, -0.05) is 6.42 Å². The Morgan fingerprint density at radius 3 is 2.67 bits per heavy atom. The SMILES string of the molecule is CSC(C)C(=O)NC1CCCC1C(=O)O. The molecule has 1 aliphatic carbocycles. The number of thioether (sulfide) groups is 1. The van der Waals surface area contributed by atoms with Crippen molar-refractivity contribution in [1.82, 2.24) is 5.32 Å². The molecule has 0 spiro atoms. The van der Waals surface area contributed by atoms with Gasteiger partial charge in [-0.15, -0.1) is 0 Å². The fourth-order valence-corrected chi connectivity index (χ4v) is 2.12. The van der Waals surface area contributed by atoms with E-state index in [0.717, 1.165) is 12.8 Å². The van der Waals surface area contributed by atoms with E-state index in [4.69, 9.17) is 5.11 Å². The van der Waals surface area contributed by atoms with E-state index < -0.39 is 11.9 Å². The summed E-state index contributed by atoms with van der Waals surface area (Å²) in [6.45, 7) is 1.82. The number of rotatable bonds is 4. The van der Waals surface area contributed by atoms with Crippen molar-refractivity contribution in [2.75, 3.05) is 6.26 Å². The van der Waals surface area contributed by atoms with Gasteiger partial charge < -0.3 is 10.4 Å². The average Bonchev–Trinajstić information content (AvgIpc) is 2.64. The summed E-state index contributed by atoms with van der Waals surface area (Å²) >= 11 is 1.47. The van der Waals surface area contributed by atoms with E-state index in [2.05, 4.69) is 5.32 Å². The average molecular weight is 231 g/mol. The minimum absolute atomic E-state index is 0.0550. The van der Waals surface area contributed by atoms with Crippen molar-refractivity contribution in [1.29, 1.82) is 0 Å². The van der Waals surface area contributed by atoms with Crippen molar-refractivity contribution < 1.29 is 14.7 Å². The van der Waals surface area contributed by atoms with E-state index in [1.807, 2.05) is 13.2 Å². The number of nitrogens with one attached hydrogen (secondary N) is 1. The van der Waals surface area contributed by atoms with E-state index in [9.17, 15) is 9.59 Å². The molecule has 15 heavy (non-hydrogen) atoms. The molecule has 1 rings (SSSR count). The summed E-state index contributed by atoms with van der Waals surface area (Å²) in [7, 11) is 0. The molecule has 2 N–H and O–H groups in total. The first-order chi connectivity index (χ1) is 7.06. The highest BCUT2D eigenvalue weighted by molar-refractivity contribution is 7.99. The van der Waals surface area contributed by atoms with Crippen molar-refractivity contribution in [3.8, 4) is 0 Å². The minimum Gasteiger partial charge on any atom is -0.481 e. The summed E-state index contributed by atoms with van der Waals surface area (Å²) in [5, 5.41) is 11.6. The van der Waals surface area contributed by atoms with E-state index >= 15 is 0 Å². The molecule has 0 aromatic carbocycles. The number of hydrogen-bond acceptors (Lipinski definition) is 3. The molecule has 5 heteroatoms. The number of carbonyl (C=O) groups is 2. The van der Waals surface area contributed by atoms with Crippen LogP contribution in [0.5, 0.6) is 0 Å². The second-order valence-electron chi connectivity index (χ2n) is 3.87. The Bertz CT molecular complexity index is 257. The van der Waals surface area contributed by atoms with Gasteiger partial charge >= 0.3 is 5.97 Å². The second kappa shape index (κ2) is 5.39. The zero-order chi connectivity index (χ0) is 11.4. The topological polar surface area (TPSA) is 66.4 Å². The molecule has 0 bridgehead atoms. The Morgan fingerprint density at radius 1 is 1.47 bits per heavy atom. The standard InChI is InChI=1S/C10H17NO3S/c1-6(15-2)9(12)11-8-5-3-4-7(8)10(13)14/h6-8H,3-5H2,1-2H3,(H,11,12)(H,13,14). The predicted octanol–water partition coefficient (Wildman–Crippen LogP) is 1.11. The lowest BCUT2D eigenvalue weighted by Crippen LogP contribution is -2.43. The molecule has 1 amide bonds. The number of carboxylic acids is 1. The van der Waals surface area contributed by atoms with Gasteiger partial charge in [-0.2, -0.15) is 11.8 Å². The Kier molecular flexibility index (Phi) is 4.45. The number of aliphatic carboxylic acids is 1. The fourth-order valence-electron chi connectivity index (χ4n) is 1.84. The number of amides is 1. The molecule has 0 radical (unpaired) electrons. The van der Waals surface area contributed by atoms with E-state index in [1.165, 1.54) is 11.8 Å². The van der Waals surface area contributed by atoms with Gasteiger partial charge in [-0.3, -0.25) is 9.59 Å². The van der Waals surface area contributed by atoms with Gasteiger partial charge in [0.05, 0.1) is 11.2 Å². The maximum Gasteiger partial charge on any atom is 0.308 e. The van der Waals surface area contributed by atoms with Crippen LogP contribution in [0.1, 0.15) is 26.2 Å². The molecule has 0 aromatic heterocycles. The summed E-state index contributed by atoms with van der Waals surface area (Å²) in [4.78, 5) is 22.4. The quantitative estimate of drug-likeness (QED) is 0.760. The van der Waals surface area contributed by atoms with Gasteiger partial charge in [-0.25, -0.2) is 0 Å². The fraction of sp³-hybridized carbons (Fsp3) is 0.800. The van der Waals surface area contributed by atoms with Crippen LogP contribution in [0.3, 0.4) is 0 Å². The zero-order valence-corrected chi connectivity index (χ0v) is 9.84. The van der Waals surface area contributed by atoms with Crippen molar-refractivity contribution in [2.45, 2.75) is 37.5 Å². The highest BCUT2D eigenvalue weighted by atomic mass is 32.2. The van der Waals surface area contributed by atoms with Crippen LogP contribution in [0.15, 0.2) is 0 Å². The highest BCUT2D eigenvalue weighted by Gasteiger charge is 2.34. The lowest BCUT2D eigenvalue weighted by Gasteiger charge is -2.19. The van der Waals surface area contributed by atoms with Crippen molar-refractivity contribution in [2.24, 2.45) is 5.92 Å². The first kappa shape index (κ1) is 12.4. The van der Waals surface area contributed by atoms with Gasteiger partial charge in [0, 0.05) is 6.04 Å². The molecule has 0 saturated heterocycles. The van der Waals surface area contributed by atoms with E-state index in [1.54, 1.807) is 0 Å². The monoisotopic (exact) mass is 231 g/mol. The molecular formula is C10H17NO3S. The van der Waals surface area contributed by atoms with E-state index in [0.29, 0.717) is 6.42 Å². The molecule has 1 saturated carbocycles. The van der Waals surface area contributed by atoms with E-state index in [-0.39, 0.29) is 17.2 Å². The summed E-state index contributed by atoms with van der Waals surface area (Å²) in [6.07, 6.45) is 4.21. The Balaban J connectivity index is 2.50. The third-order valence-electron chi connectivity index (χ3n) is 2.88. The third-order valence-corrected chi connectivity index (χ3v) is 3.80. The van der Waals surface area contributed by atoms with Crippen LogP contribution in [-0.4, -0.2) is 34.5 Å². The van der Waals surface area contributed by atoms with Crippen LogP contribution in [0.4, 0.5) is 0 Å². The molecule has 0 aliphatic heterocycles. The smallest absolute Gasteiger partial charge is 0.308 e. The zero-order valence-electron chi connectivity index (χ0n) is 9.03. The predicted molar refractivity (Wildman–Crippen MR) is 59.9 cm³/mol. The van der Waals surface area contributed by atoms with Gasteiger partial charge in [0.25, 0.3) is 0 Å². The van der Waals surface area contributed by atoms with Crippen LogP contribution in [-0.2, 0) is 9.59 Å². The Morgan fingerprint density at radius 2 is 2.13 bits per heavy atom. The van der Waals surface area contributed by atoms with Crippen LogP contribution >= 0.6 is 11.8 Å². The van der Waals surface area contributed by atoms with Gasteiger partial charge in [0.1, 0.15) is 0 Å². The molecule has 4 nitrogen and oxygen atoms in total. The Labute approximate surface area is 93.8 Å². The number of hydrogen-bond donors (Lipinski definition) is 2. The molecule has 3 atom stereocenters. The van der Waals surface area contributed by atoms with Crippen molar-refractivity contribution in [3.05, 3.63) is 0 Å². The summed E-state index contributed by atoms with van der Waals surface area (Å²) in [5.41, 5.74) is 0. The molecule has 86 valence electrons. The number of carboxylic acid groups (broad SMARTS) is 1. The summed E-state index contributed by atoms with van der Waals surface area (Å²) in [6, 6.07) is -0.176. The normalized spacial score (nSPS) is 27.3. The maximum absolute atomic E-state index is 11.6. The molecule has 0 aromatic rings. The third kappa shape index (κ3) is 3.12. The first-order valence-electron chi connectivity index (χ1n) is 5.12. The van der Waals surface area contributed by atoms with Crippen molar-refractivity contribution in [3.63, 3.8) is 0 Å². The molecule has 1 fully saturated rings. The van der Waals surface area contributed by atoms with Crippen LogP contribution in [0.25, 0.3) is 0 Å². The highest BCUT2D eigenvalue weighted by Crippen LogP contribution is 2.26. The van der Waals surface area contributed by atoms with Gasteiger partial charge in [0.2, 0.25) is 5.91 Å². The summed E-state index contributed by atoms with van der Waals surface area (Å²) in [5.74, 6) is -1.25. The summed E-state index contributed by atoms with van der Waals surface area (Å²) < 4.78 is 0. The van der Waals surface area contributed by atoms with Gasteiger partial charge in [0.15, 0.2) is 0 Å². The van der Waals surface area contributed by atoms with Crippen molar-refractivity contribution >= 4 is 23.6 Å². The Hall–Kier alpha value is -0.710. The second-order valence-corrected chi connectivity index (χ2v) is 5.05. The minimum atomic E-state index is -0.797. The van der Waals surface area contributed by atoms with Crippen LogP contribution in [0.2, 0.25) is 0 Å². The lowest BCUT2D eigenvalue weighted by atomic mass is 10.0. The first-order valence-corrected chi connectivity index (χ1v) is 6.41. The lowest BCUT2D eigenvalue weighted by molar-refractivity contribution is -0.142. The van der Waals surface area contributed by atoms with Gasteiger partial charge in [-0.05, 0) is 26.0 Å². The molecule has 1 aliphatic rings. The largest absolute Gasteiger partial charge is 0.481 e.